The molecule has 0 aromatic rings. The summed E-state index contributed by atoms with van der Waals surface area (Å²) in [6, 6.07) is 0. The van der Waals surface area contributed by atoms with E-state index >= 15 is 0 Å². The van der Waals surface area contributed by atoms with Crippen LogP contribution in [0.3, 0.4) is 0 Å². The Bertz CT molecular complexity index is 169. The fraction of sp³-hybridized carbons (Fsp3) is 0.714. The first-order valence-corrected chi connectivity index (χ1v) is 4.48. The standard InChI is InChI=1S/C7H8BrF3/c8-3-4-1-6(10)7(11)2-5(4)9/h2,4-6H,1,3H2/t4?,5-,6-/m0/s1. The van der Waals surface area contributed by atoms with Gasteiger partial charge in [-0.15, -0.1) is 0 Å². The zero-order valence-electron chi connectivity index (χ0n) is 5.74. The van der Waals surface area contributed by atoms with Crippen molar-refractivity contribution < 1.29 is 13.2 Å². The van der Waals surface area contributed by atoms with E-state index in [1.807, 2.05) is 0 Å². The van der Waals surface area contributed by atoms with Crippen LogP contribution in [0.4, 0.5) is 13.2 Å². The van der Waals surface area contributed by atoms with E-state index in [0.29, 0.717) is 5.33 Å². The van der Waals surface area contributed by atoms with Crippen molar-refractivity contribution in [1.29, 1.82) is 0 Å². The Kier molecular flexibility index (Phi) is 2.98. The number of halogens is 4. The molecule has 0 radical (unpaired) electrons. The zero-order chi connectivity index (χ0) is 8.43. The monoisotopic (exact) mass is 228 g/mol. The molecule has 0 nitrogen and oxygen atoms in total. The van der Waals surface area contributed by atoms with Crippen molar-refractivity contribution in [3.63, 3.8) is 0 Å². The average molecular weight is 229 g/mol. The highest BCUT2D eigenvalue weighted by molar-refractivity contribution is 9.09. The van der Waals surface area contributed by atoms with Crippen LogP contribution in [0, 0.1) is 5.92 Å². The molecule has 3 atom stereocenters. The molecule has 0 aromatic carbocycles. The maximum absolute atomic E-state index is 12.8. The molecule has 1 aliphatic rings. The predicted molar refractivity (Wildman–Crippen MR) is 40.9 cm³/mol. The quantitative estimate of drug-likeness (QED) is 0.606. The Balaban J connectivity index is 2.67. The summed E-state index contributed by atoms with van der Waals surface area (Å²) < 4.78 is 37.7. The van der Waals surface area contributed by atoms with E-state index in [1.54, 1.807) is 0 Å². The van der Waals surface area contributed by atoms with Crippen LogP contribution >= 0.6 is 15.9 Å². The Morgan fingerprint density at radius 2 is 2.18 bits per heavy atom. The van der Waals surface area contributed by atoms with Gasteiger partial charge in [-0.05, 0) is 12.5 Å². The first kappa shape index (κ1) is 9.10. The third kappa shape index (κ3) is 1.98. The highest BCUT2D eigenvalue weighted by Gasteiger charge is 2.30. The van der Waals surface area contributed by atoms with Gasteiger partial charge in [0.25, 0.3) is 0 Å². The maximum atomic E-state index is 12.8. The van der Waals surface area contributed by atoms with Gasteiger partial charge in [0.1, 0.15) is 12.0 Å². The second kappa shape index (κ2) is 3.61. The van der Waals surface area contributed by atoms with Crippen LogP contribution in [0.5, 0.6) is 0 Å². The highest BCUT2D eigenvalue weighted by Crippen LogP contribution is 2.30. The lowest BCUT2D eigenvalue weighted by atomic mass is 9.93. The lowest BCUT2D eigenvalue weighted by Gasteiger charge is -2.22. The molecule has 64 valence electrons. The van der Waals surface area contributed by atoms with Crippen LogP contribution in [0.1, 0.15) is 6.42 Å². The number of hydrogen-bond donors (Lipinski definition) is 0. The number of alkyl halides is 3. The molecule has 0 aliphatic heterocycles. The van der Waals surface area contributed by atoms with Crippen LogP contribution in [-0.2, 0) is 0 Å². The smallest absolute Gasteiger partial charge is 0.152 e. The summed E-state index contributed by atoms with van der Waals surface area (Å²) in [5, 5.41) is 0.373. The molecular formula is C7H8BrF3. The minimum absolute atomic E-state index is 0.0608. The molecule has 1 rings (SSSR count). The summed E-state index contributed by atoms with van der Waals surface area (Å²) in [5.41, 5.74) is 0. The number of rotatable bonds is 1. The van der Waals surface area contributed by atoms with E-state index in [0.717, 1.165) is 6.08 Å². The van der Waals surface area contributed by atoms with E-state index in [4.69, 9.17) is 0 Å². The van der Waals surface area contributed by atoms with Gasteiger partial charge in [0.15, 0.2) is 6.17 Å². The Hall–Kier alpha value is 0.01000. The zero-order valence-corrected chi connectivity index (χ0v) is 7.32. The molecule has 1 unspecified atom stereocenters. The molecule has 0 fully saturated rings. The second-order valence-electron chi connectivity index (χ2n) is 2.61. The summed E-state index contributed by atoms with van der Waals surface area (Å²) >= 11 is 3.04. The van der Waals surface area contributed by atoms with Crippen molar-refractivity contribution in [3.8, 4) is 0 Å². The van der Waals surface area contributed by atoms with Gasteiger partial charge in [-0.1, -0.05) is 15.9 Å². The van der Waals surface area contributed by atoms with Crippen molar-refractivity contribution >= 4 is 15.9 Å². The van der Waals surface area contributed by atoms with Crippen LogP contribution < -0.4 is 0 Å². The number of hydrogen-bond acceptors (Lipinski definition) is 0. The average Bonchev–Trinajstić information content (AvgIpc) is 1.97. The SMILES string of the molecule is FC1=C[C@H](F)C(CBr)C[C@@H]1F. The molecule has 0 aromatic heterocycles. The van der Waals surface area contributed by atoms with Gasteiger partial charge in [-0.25, -0.2) is 13.2 Å². The molecule has 0 saturated heterocycles. The fourth-order valence-corrected chi connectivity index (χ4v) is 1.67. The normalized spacial score (nSPS) is 38.5. The summed E-state index contributed by atoms with van der Waals surface area (Å²) in [4.78, 5) is 0. The Morgan fingerprint density at radius 3 is 2.73 bits per heavy atom. The van der Waals surface area contributed by atoms with Crippen molar-refractivity contribution in [2.45, 2.75) is 18.8 Å². The molecule has 1 aliphatic carbocycles. The fourth-order valence-electron chi connectivity index (χ4n) is 1.05. The molecule has 0 bridgehead atoms. The van der Waals surface area contributed by atoms with Crippen molar-refractivity contribution in [2.24, 2.45) is 5.92 Å². The third-order valence-electron chi connectivity index (χ3n) is 1.78. The highest BCUT2D eigenvalue weighted by atomic mass is 79.9. The summed E-state index contributed by atoms with van der Waals surface area (Å²) in [6.45, 7) is 0. The predicted octanol–water partition coefficient (Wildman–Crippen LogP) is 2.93. The van der Waals surface area contributed by atoms with E-state index in [9.17, 15) is 13.2 Å². The summed E-state index contributed by atoms with van der Waals surface area (Å²) in [7, 11) is 0. The minimum Gasteiger partial charge on any atom is -0.243 e. The van der Waals surface area contributed by atoms with Gasteiger partial charge in [0.05, 0.1) is 0 Å². The van der Waals surface area contributed by atoms with Gasteiger partial charge in [-0.3, -0.25) is 0 Å². The largest absolute Gasteiger partial charge is 0.243 e. The lowest BCUT2D eigenvalue weighted by Crippen LogP contribution is -2.25. The second-order valence-corrected chi connectivity index (χ2v) is 3.26. The van der Waals surface area contributed by atoms with Crippen molar-refractivity contribution in [1.82, 2.24) is 0 Å². The van der Waals surface area contributed by atoms with E-state index in [2.05, 4.69) is 15.9 Å². The van der Waals surface area contributed by atoms with Crippen LogP contribution in [0.25, 0.3) is 0 Å². The van der Waals surface area contributed by atoms with Crippen LogP contribution in [-0.4, -0.2) is 17.7 Å². The van der Waals surface area contributed by atoms with E-state index in [1.165, 1.54) is 0 Å². The van der Waals surface area contributed by atoms with Gasteiger partial charge >= 0.3 is 0 Å². The van der Waals surface area contributed by atoms with Gasteiger partial charge in [0.2, 0.25) is 0 Å². The number of allylic oxidation sites excluding steroid dienone is 2. The van der Waals surface area contributed by atoms with Crippen molar-refractivity contribution in [3.05, 3.63) is 11.9 Å². The third-order valence-corrected chi connectivity index (χ3v) is 2.61. The molecule has 0 N–H and O–H groups in total. The lowest BCUT2D eigenvalue weighted by molar-refractivity contribution is 0.191. The Labute approximate surface area is 71.6 Å². The molecule has 0 heterocycles. The van der Waals surface area contributed by atoms with Gasteiger partial charge in [-0.2, -0.15) is 0 Å². The topological polar surface area (TPSA) is 0 Å². The first-order chi connectivity index (χ1) is 5.15. The van der Waals surface area contributed by atoms with E-state index < -0.39 is 24.1 Å². The maximum Gasteiger partial charge on any atom is 0.152 e. The van der Waals surface area contributed by atoms with Crippen LogP contribution in [0.2, 0.25) is 0 Å². The summed E-state index contributed by atoms with van der Waals surface area (Å²) in [6.07, 6.45) is -2.29. The minimum atomic E-state index is -1.61. The molecule has 4 heteroatoms. The first-order valence-electron chi connectivity index (χ1n) is 3.36. The summed E-state index contributed by atoms with van der Waals surface area (Å²) in [5.74, 6) is -1.39. The van der Waals surface area contributed by atoms with Gasteiger partial charge < -0.3 is 0 Å². The molecule has 0 spiro atoms. The molecular weight excluding hydrogens is 221 g/mol. The molecule has 0 saturated carbocycles. The Morgan fingerprint density at radius 1 is 1.55 bits per heavy atom. The van der Waals surface area contributed by atoms with Gasteiger partial charge in [0, 0.05) is 11.2 Å². The van der Waals surface area contributed by atoms with E-state index in [-0.39, 0.29) is 6.42 Å². The van der Waals surface area contributed by atoms with Crippen molar-refractivity contribution in [2.75, 3.05) is 5.33 Å². The molecule has 11 heavy (non-hydrogen) atoms. The molecule has 0 amide bonds. The van der Waals surface area contributed by atoms with Crippen LogP contribution in [0.15, 0.2) is 11.9 Å².